The number of hydrogen-bond acceptors (Lipinski definition) is 3. The van der Waals surface area contributed by atoms with Gasteiger partial charge in [-0.1, -0.05) is 48.5 Å². The quantitative estimate of drug-likeness (QED) is 0.889. The van der Waals surface area contributed by atoms with E-state index in [1.807, 2.05) is 42.5 Å². The van der Waals surface area contributed by atoms with Crippen LogP contribution in [0.2, 0.25) is 0 Å². The number of rotatable bonds is 5. The van der Waals surface area contributed by atoms with E-state index >= 15 is 0 Å². The van der Waals surface area contributed by atoms with Crippen molar-refractivity contribution in [3.8, 4) is 0 Å². The fourth-order valence-electron chi connectivity index (χ4n) is 2.85. The van der Waals surface area contributed by atoms with E-state index in [9.17, 15) is 4.79 Å². The number of carbonyl (C=O) groups is 1. The molecule has 1 aliphatic rings. The van der Waals surface area contributed by atoms with E-state index in [1.165, 1.54) is 5.56 Å². The molecule has 0 saturated heterocycles. The summed E-state index contributed by atoms with van der Waals surface area (Å²) in [5.41, 5.74) is 4.19. The van der Waals surface area contributed by atoms with Crippen molar-refractivity contribution in [1.29, 1.82) is 0 Å². The summed E-state index contributed by atoms with van der Waals surface area (Å²) in [5.74, 6) is -0.0795. The van der Waals surface area contributed by atoms with Gasteiger partial charge in [0.1, 0.15) is 0 Å². The van der Waals surface area contributed by atoms with Crippen molar-refractivity contribution in [1.82, 2.24) is 5.32 Å². The van der Waals surface area contributed by atoms with Gasteiger partial charge >= 0.3 is 0 Å². The summed E-state index contributed by atoms with van der Waals surface area (Å²) in [7, 11) is 0. The highest BCUT2D eigenvalue weighted by molar-refractivity contribution is 5.82. The van der Waals surface area contributed by atoms with E-state index in [1.54, 1.807) is 0 Å². The molecule has 0 spiro atoms. The number of nitrogens with one attached hydrogen (secondary N) is 1. The number of carbonyl (C=O) groups excluding carboxylic acids is 1. The van der Waals surface area contributed by atoms with Gasteiger partial charge in [0.05, 0.1) is 13.2 Å². The van der Waals surface area contributed by atoms with E-state index < -0.39 is 6.10 Å². The highest BCUT2D eigenvalue weighted by Crippen LogP contribution is 2.26. The Balaban J connectivity index is 1.55. The normalized spacial score (nSPS) is 16.7. The van der Waals surface area contributed by atoms with Crippen LogP contribution in [0.25, 0.3) is 0 Å². The van der Waals surface area contributed by atoms with Crippen molar-refractivity contribution in [2.75, 3.05) is 13.2 Å². The summed E-state index contributed by atoms with van der Waals surface area (Å²) in [5, 5.41) is 12.0. The molecule has 0 aliphatic carbocycles. The first kappa shape index (κ1) is 15.7. The molecule has 4 nitrogen and oxygen atoms in total. The maximum atomic E-state index is 12.4. The van der Waals surface area contributed by atoms with Crippen LogP contribution in [0.5, 0.6) is 0 Å². The molecule has 0 fully saturated rings. The van der Waals surface area contributed by atoms with Gasteiger partial charge in [0.15, 0.2) is 6.10 Å². The van der Waals surface area contributed by atoms with E-state index in [-0.39, 0.29) is 12.5 Å². The molecule has 1 unspecified atom stereocenters. The lowest BCUT2D eigenvalue weighted by molar-refractivity contribution is -0.134. The Labute approximate surface area is 136 Å². The summed E-state index contributed by atoms with van der Waals surface area (Å²) in [6.45, 7) is 1.20. The smallest absolute Gasteiger partial charge is 0.253 e. The first-order valence-corrected chi connectivity index (χ1v) is 7.94. The molecule has 0 saturated carbocycles. The van der Waals surface area contributed by atoms with E-state index in [0.717, 1.165) is 29.5 Å². The maximum Gasteiger partial charge on any atom is 0.253 e. The van der Waals surface area contributed by atoms with Crippen molar-refractivity contribution in [2.24, 2.45) is 0 Å². The molecular weight excluding hydrogens is 290 g/mol. The summed E-state index contributed by atoms with van der Waals surface area (Å²) in [6.07, 6.45) is 1.11. The molecule has 3 rings (SSSR count). The van der Waals surface area contributed by atoms with E-state index in [4.69, 9.17) is 9.84 Å². The van der Waals surface area contributed by atoms with Crippen LogP contribution in [-0.4, -0.2) is 24.2 Å². The Kier molecular flexibility index (Phi) is 5.05. The number of aliphatic hydroxyl groups is 1. The lowest BCUT2D eigenvalue weighted by atomic mass is 9.97. The Morgan fingerprint density at radius 1 is 1.13 bits per heavy atom. The molecule has 1 atom stereocenters. The molecule has 0 aromatic heterocycles. The van der Waals surface area contributed by atoms with Crippen molar-refractivity contribution >= 4 is 5.91 Å². The highest BCUT2D eigenvalue weighted by atomic mass is 16.5. The topological polar surface area (TPSA) is 58.6 Å². The van der Waals surface area contributed by atoms with Crippen LogP contribution in [-0.2, 0) is 29.0 Å². The minimum absolute atomic E-state index is 0.0510. The van der Waals surface area contributed by atoms with Gasteiger partial charge in [-0.05, 0) is 35.1 Å². The first-order chi connectivity index (χ1) is 11.3. The molecule has 0 radical (unpaired) electrons. The van der Waals surface area contributed by atoms with Crippen molar-refractivity contribution < 1.29 is 14.6 Å². The second-order valence-electron chi connectivity index (χ2n) is 5.72. The maximum absolute atomic E-state index is 12.4. The number of hydrogen-bond donors (Lipinski definition) is 2. The number of amides is 1. The van der Waals surface area contributed by atoms with Crippen LogP contribution < -0.4 is 5.32 Å². The van der Waals surface area contributed by atoms with Crippen molar-refractivity contribution in [3.05, 3.63) is 70.8 Å². The average Bonchev–Trinajstić information content (AvgIpc) is 2.61. The number of aliphatic hydroxyl groups excluding tert-OH is 1. The summed E-state index contributed by atoms with van der Waals surface area (Å²) >= 11 is 0. The minimum atomic E-state index is -0.503. The Morgan fingerprint density at radius 3 is 2.65 bits per heavy atom. The van der Waals surface area contributed by atoms with Crippen LogP contribution in [0, 0.1) is 0 Å². The minimum Gasteiger partial charge on any atom is -0.392 e. The first-order valence-electron chi connectivity index (χ1n) is 7.94. The van der Waals surface area contributed by atoms with Crippen LogP contribution in [0.3, 0.4) is 0 Å². The molecule has 4 heteroatoms. The number of fused-ring (bicyclic) bond motifs is 1. The molecule has 1 amide bonds. The van der Waals surface area contributed by atoms with Crippen LogP contribution in [0.1, 0.15) is 28.4 Å². The SMILES string of the molecule is O=C(NCCc1ccc(CO)cc1)C1OCCc2ccccc21. The number of benzene rings is 2. The largest absolute Gasteiger partial charge is 0.392 e. The second kappa shape index (κ2) is 7.40. The Hall–Kier alpha value is -2.17. The average molecular weight is 311 g/mol. The lowest BCUT2D eigenvalue weighted by Gasteiger charge is -2.25. The third-order valence-corrected chi connectivity index (χ3v) is 4.15. The standard InChI is InChI=1S/C19H21NO3/c21-13-15-7-5-14(6-8-15)9-11-20-19(22)18-17-4-2-1-3-16(17)10-12-23-18/h1-8,18,21H,9-13H2,(H,20,22). The van der Waals surface area contributed by atoms with E-state index in [0.29, 0.717) is 13.2 Å². The van der Waals surface area contributed by atoms with Crippen LogP contribution in [0.4, 0.5) is 0 Å². The molecule has 2 aromatic rings. The monoisotopic (exact) mass is 311 g/mol. The van der Waals surface area contributed by atoms with Crippen molar-refractivity contribution in [2.45, 2.75) is 25.6 Å². The predicted molar refractivity (Wildman–Crippen MR) is 87.9 cm³/mol. The van der Waals surface area contributed by atoms with Gasteiger partial charge in [0.2, 0.25) is 0 Å². The lowest BCUT2D eigenvalue weighted by Crippen LogP contribution is -2.34. The van der Waals surface area contributed by atoms with Crippen LogP contribution in [0.15, 0.2) is 48.5 Å². The molecule has 2 aromatic carbocycles. The molecule has 23 heavy (non-hydrogen) atoms. The summed E-state index contributed by atoms with van der Waals surface area (Å²) < 4.78 is 5.66. The molecular formula is C19H21NO3. The third-order valence-electron chi connectivity index (χ3n) is 4.15. The zero-order valence-corrected chi connectivity index (χ0v) is 13.0. The van der Waals surface area contributed by atoms with Crippen molar-refractivity contribution in [3.63, 3.8) is 0 Å². The van der Waals surface area contributed by atoms with E-state index in [2.05, 4.69) is 11.4 Å². The van der Waals surface area contributed by atoms with Gasteiger partial charge in [0.25, 0.3) is 5.91 Å². The summed E-state index contributed by atoms with van der Waals surface area (Å²) in [6, 6.07) is 15.7. The fourth-order valence-corrected chi connectivity index (χ4v) is 2.85. The third kappa shape index (κ3) is 3.78. The van der Waals surface area contributed by atoms with Gasteiger partial charge < -0.3 is 15.2 Å². The Morgan fingerprint density at radius 2 is 1.87 bits per heavy atom. The van der Waals surface area contributed by atoms with Gasteiger partial charge in [-0.25, -0.2) is 0 Å². The zero-order valence-electron chi connectivity index (χ0n) is 13.0. The van der Waals surface area contributed by atoms with Crippen LogP contribution >= 0.6 is 0 Å². The zero-order chi connectivity index (χ0) is 16.1. The second-order valence-corrected chi connectivity index (χ2v) is 5.72. The number of ether oxygens (including phenoxy) is 1. The molecule has 1 aliphatic heterocycles. The summed E-state index contributed by atoms with van der Waals surface area (Å²) in [4.78, 5) is 12.4. The molecule has 1 heterocycles. The molecule has 120 valence electrons. The molecule has 0 bridgehead atoms. The van der Waals surface area contributed by atoms with Gasteiger partial charge in [0, 0.05) is 6.54 Å². The Bertz CT molecular complexity index is 667. The van der Waals surface area contributed by atoms with Gasteiger partial charge in [-0.15, -0.1) is 0 Å². The molecule has 2 N–H and O–H groups in total. The van der Waals surface area contributed by atoms with Gasteiger partial charge in [-0.2, -0.15) is 0 Å². The predicted octanol–water partition coefficient (Wildman–Crippen LogP) is 2.15. The van der Waals surface area contributed by atoms with Gasteiger partial charge in [-0.3, -0.25) is 4.79 Å². The highest BCUT2D eigenvalue weighted by Gasteiger charge is 2.26. The fraction of sp³-hybridized carbons (Fsp3) is 0.316.